The third-order valence-corrected chi connectivity index (χ3v) is 4.49. The number of anilines is 1. The maximum atomic E-state index is 12.3. The third kappa shape index (κ3) is 5.07. The predicted octanol–water partition coefficient (Wildman–Crippen LogP) is 2.03. The van der Waals surface area contributed by atoms with Gasteiger partial charge in [-0.3, -0.25) is 4.79 Å². The van der Waals surface area contributed by atoms with Crippen LogP contribution in [-0.4, -0.2) is 48.2 Å². The molecular formula is C21H24N4O5. The lowest BCUT2D eigenvalue weighted by atomic mass is 10.2. The first-order valence-electron chi connectivity index (χ1n) is 9.45. The van der Waals surface area contributed by atoms with Crippen LogP contribution >= 0.6 is 0 Å². The maximum absolute atomic E-state index is 12.3. The lowest BCUT2D eigenvalue weighted by Crippen LogP contribution is -2.39. The molecule has 3 N–H and O–H groups in total. The number of amides is 2. The van der Waals surface area contributed by atoms with Crippen LogP contribution in [0.2, 0.25) is 0 Å². The summed E-state index contributed by atoms with van der Waals surface area (Å²) in [5.41, 5.74) is 3.89. The molecule has 0 unspecified atom stereocenters. The minimum Gasteiger partial charge on any atom is -0.410 e. The fourth-order valence-electron chi connectivity index (χ4n) is 2.59. The number of carbonyl (C=O) groups excluding carboxylic acids is 2. The van der Waals surface area contributed by atoms with E-state index in [4.69, 9.17) is 9.57 Å². The number of nitrogens with zero attached hydrogens (tertiary/aromatic N) is 2. The van der Waals surface area contributed by atoms with Crippen LogP contribution in [0.1, 0.15) is 17.3 Å². The van der Waals surface area contributed by atoms with Gasteiger partial charge in [0.25, 0.3) is 5.91 Å². The molecule has 0 fully saturated rings. The Labute approximate surface area is 174 Å². The highest BCUT2D eigenvalue weighted by Gasteiger charge is 2.25. The van der Waals surface area contributed by atoms with Crippen molar-refractivity contribution < 1.29 is 24.3 Å². The van der Waals surface area contributed by atoms with Crippen molar-refractivity contribution in [1.82, 2.24) is 15.8 Å². The minimum absolute atomic E-state index is 0.319. The van der Waals surface area contributed by atoms with Gasteiger partial charge in [0.2, 0.25) is 0 Å². The highest BCUT2D eigenvalue weighted by molar-refractivity contribution is 5.94. The number of ether oxygens (including phenoxy) is 1. The standard InChI is InChI=1S/C21H24N4O5/c1-3-24(2)21(28)29-17-11-9-16(10-12-17)25-13-19(30-23-25)18(14-26)22-20(27)15-7-5-4-6-8-15/h4-13,18,23,26H,3,14H2,1-2H3,(H,22,27)/t18-/m0/s1. The Morgan fingerprint density at radius 1 is 1.20 bits per heavy atom. The maximum Gasteiger partial charge on any atom is 0.414 e. The molecule has 1 atom stereocenters. The van der Waals surface area contributed by atoms with E-state index in [-0.39, 0.29) is 12.5 Å². The number of carbonyl (C=O) groups is 2. The summed E-state index contributed by atoms with van der Waals surface area (Å²) in [5.74, 6) is 0.444. The second kappa shape index (κ2) is 9.77. The number of aliphatic hydroxyl groups excluding tert-OH is 1. The van der Waals surface area contributed by atoms with E-state index < -0.39 is 12.1 Å². The number of hydrogen-bond donors (Lipinski definition) is 3. The molecule has 0 saturated heterocycles. The van der Waals surface area contributed by atoms with Gasteiger partial charge in [-0.1, -0.05) is 23.8 Å². The SMILES string of the molecule is CCN(C)C(=O)Oc1ccc(N2C=C([C@H](CO)NC(=O)c3ccccc3)ON2)cc1. The normalized spacial score (nSPS) is 13.8. The quantitative estimate of drug-likeness (QED) is 0.639. The van der Waals surface area contributed by atoms with Crippen LogP contribution in [0.3, 0.4) is 0 Å². The Hall–Kier alpha value is -3.56. The summed E-state index contributed by atoms with van der Waals surface area (Å²) in [6.07, 6.45) is 1.19. The second-order valence-corrected chi connectivity index (χ2v) is 6.55. The zero-order valence-electron chi connectivity index (χ0n) is 16.7. The zero-order valence-corrected chi connectivity index (χ0v) is 16.7. The van der Waals surface area contributed by atoms with Gasteiger partial charge in [0.05, 0.1) is 18.5 Å². The molecule has 2 aromatic carbocycles. The molecule has 158 valence electrons. The smallest absolute Gasteiger partial charge is 0.410 e. The molecular weight excluding hydrogens is 388 g/mol. The van der Waals surface area contributed by atoms with Crippen molar-refractivity contribution >= 4 is 17.7 Å². The first kappa shape index (κ1) is 21.2. The van der Waals surface area contributed by atoms with E-state index in [9.17, 15) is 14.7 Å². The molecule has 0 spiro atoms. The van der Waals surface area contributed by atoms with Crippen molar-refractivity contribution in [3.05, 3.63) is 72.1 Å². The van der Waals surface area contributed by atoms with Crippen LogP contribution in [0.5, 0.6) is 5.75 Å². The van der Waals surface area contributed by atoms with Gasteiger partial charge in [-0.15, -0.1) is 0 Å². The minimum atomic E-state index is -0.722. The number of rotatable bonds is 7. The van der Waals surface area contributed by atoms with E-state index in [1.807, 2.05) is 13.0 Å². The molecule has 0 aromatic heterocycles. The van der Waals surface area contributed by atoms with E-state index in [2.05, 4.69) is 10.9 Å². The lowest BCUT2D eigenvalue weighted by molar-refractivity contribution is 0.0811. The summed E-state index contributed by atoms with van der Waals surface area (Å²) in [7, 11) is 1.66. The van der Waals surface area contributed by atoms with Crippen LogP contribution in [-0.2, 0) is 4.84 Å². The van der Waals surface area contributed by atoms with Gasteiger partial charge in [-0.05, 0) is 43.3 Å². The summed E-state index contributed by atoms with van der Waals surface area (Å²) in [6.45, 7) is 2.07. The van der Waals surface area contributed by atoms with Gasteiger partial charge >= 0.3 is 6.09 Å². The Balaban J connectivity index is 1.64. The molecule has 9 nitrogen and oxygen atoms in total. The molecule has 1 heterocycles. The average Bonchev–Trinajstić information content (AvgIpc) is 3.27. The Bertz CT molecular complexity index is 901. The molecule has 1 aliphatic heterocycles. The van der Waals surface area contributed by atoms with E-state index in [0.29, 0.717) is 29.3 Å². The first-order valence-corrected chi connectivity index (χ1v) is 9.45. The Morgan fingerprint density at radius 3 is 2.53 bits per heavy atom. The van der Waals surface area contributed by atoms with E-state index in [1.165, 1.54) is 4.90 Å². The summed E-state index contributed by atoms with van der Waals surface area (Å²) >= 11 is 0. The van der Waals surface area contributed by atoms with Gasteiger partial charge in [0, 0.05) is 19.2 Å². The Kier molecular flexibility index (Phi) is 6.89. The largest absolute Gasteiger partial charge is 0.414 e. The average molecular weight is 412 g/mol. The molecule has 0 bridgehead atoms. The van der Waals surface area contributed by atoms with Crippen LogP contribution in [0.15, 0.2) is 66.6 Å². The summed E-state index contributed by atoms with van der Waals surface area (Å²) < 4.78 is 5.27. The van der Waals surface area contributed by atoms with Crippen molar-refractivity contribution in [2.75, 3.05) is 25.2 Å². The summed E-state index contributed by atoms with van der Waals surface area (Å²) in [4.78, 5) is 31.0. The van der Waals surface area contributed by atoms with Gasteiger partial charge in [-0.2, -0.15) is 0 Å². The first-order chi connectivity index (χ1) is 14.5. The van der Waals surface area contributed by atoms with Crippen molar-refractivity contribution in [1.29, 1.82) is 0 Å². The van der Waals surface area contributed by atoms with Gasteiger partial charge in [0.15, 0.2) is 5.76 Å². The molecule has 1 aliphatic rings. The molecule has 2 aromatic rings. The molecule has 0 aliphatic carbocycles. The zero-order chi connectivity index (χ0) is 21.5. The number of nitrogens with one attached hydrogen (secondary N) is 2. The topological polar surface area (TPSA) is 103 Å². The van der Waals surface area contributed by atoms with Crippen LogP contribution in [0.4, 0.5) is 10.5 Å². The molecule has 0 saturated carbocycles. The number of hydrogen-bond acceptors (Lipinski definition) is 7. The molecule has 9 heteroatoms. The van der Waals surface area contributed by atoms with E-state index in [0.717, 1.165) is 0 Å². The highest BCUT2D eigenvalue weighted by atomic mass is 16.7. The molecule has 3 rings (SSSR count). The van der Waals surface area contributed by atoms with Crippen LogP contribution < -0.4 is 20.7 Å². The summed E-state index contributed by atoms with van der Waals surface area (Å²) in [6, 6.07) is 14.8. The van der Waals surface area contributed by atoms with Crippen LogP contribution in [0, 0.1) is 0 Å². The predicted molar refractivity (Wildman–Crippen MR) is 110 cm³/mol. The van der Waals surface area contributed by atoms with Gasteiger partial charge in [0.1, 0.15) is 11.8 Å². The molecule has 2 amide bonds. The number of hydrazine groups is 1. The van der Waals surface area contributed by atoms with E-state index in [1.54, 1.807) is 66.8 Å². The van der Waals surface area contributed by atoms with Crippen molar-refractivity contribution in [2.45, 2.75) is 13.0 Å². The lowest BCUT2D eigenvalue weighted by Gasteiger charge is -2.16. The third-order valence-electron chi connectivity index (χ3n) is 4.49. The highest BCUT2D eigenvalue weighted by Crippen LogP contribution is 2.23. The van der Waals surface area contributed by atoms with Crippen molar-refractivity contribution in [2.24, 2.45) is 0 Å². The van der Waals surface area contributed by atoms with Crippen LogP contribution in [0.25, 0.3) is 0 Å². The van der Waals surface area contributed by atoms with Crippen molar-refractivity contribution in [3.63, 3.8) is 0 Å². The monoisotopic (exact) mass is 412 g/mol. The summed E-state index contributed by atoms with van der Waals surface area (Å²) in [5, 5.41) is 14.0. The number of aliphatic hydroxyl groups is 1. The van der Waals surface area contributed by atoms with Crippen molar-refractivity contribution in [3.8, 4) is 5.75 Å². The Morgan fingerprint density at radius 2 is 1.90 bits per heavy atom. The van der Waals surface area contributed by atoms with Gasteiger partial charge < -0.3 is 24.9 Å². The fraction of sp³-hybridized carbons (Fsp3) is 0.238. The molecule has 0 radical (unpaired) electrons. The van der Waals surface area contributed by atoms with Gasteiger partial charge in [-0.25, -0.2) is 9.80 Å². The number of benzene rings is 2. The molecule has 30 heavy (non-hydrogen) atoms. The van der Waals surface area contributed by atoms with E-state index >= 15 is 0 Å². The second-order valence-electron chi connectivity index (χ2n) is 6.55. The fourth-order valence-corrected chi connectivity index (χ4v) is 2.59.